The zero-order chi connectivity index (χ0) is 29.1. The number of fused-ring (bicyclic) bond motifs is 1. The number of halogens is 3. The van der Waals surface area contributed by atoms with Gasteiger partial charge in [-0.1, -0.05) is 18.2 Å². The zero-order valence-corrected chi connectivity index (χ0v) is 22.9. The van der Waals surface area contributed by atoms with Crippen LogP contribution < -0.4 is 10.1 Å². The summed E-state index contributed by atoms with van der Waals surface area (Å²) in [5.41, 5.74) is 4.49. The van der Waals surface area contributed by atoms with Gasteiger partial charge in [0.2, 0.25) is 5.82 Å². The molecule has 0 spiro atoms. The zero-order valence-electron chi connectivity index (χ0n) is 22.9. The Labute approximate surface area is 234 Å². The van der Waals surface area contributed by atoms with Crippen molar-refractivity contribution in [3.8, 4) is 11.4 Å². The van der Waals surface area contributed by atoms with E-state index in [1.54, 1.807) is 10.9 Å². The summed E-state index contributed by atoms with van der Waals surface area (Å²) in [6.07, 6.45) is 0.814. The number of methoxy groups -OCH3 is 2. The minimum absolute atomic E-state index is 0.0110. The van der Waals surface area contributed by atoms with Gasteiger partial charge in [-0.05, 0) is 42.3 Å². The van der Waals surface area contributed by atoms with Crippen molar-refractivity contribution in [1.82, 2.24) is 34.8 Å². The van der Waals surface area contributed by atoms with Crippen LogP contribution in [0.1, 0.15) is 50.6 Å². The average molecular weight is 570 g/mol. The number of nitrogens with zero attached hydrogens (tertiary/aromatic N) is 6. The van der Waals surface area contributed by atoms with Crippen molar-refractivity contribution in [3.05, 3.63) is 88.0 Å². The van der Waals surface area contributed by atoms with Gasteiger partial charge in [0.15, 0.2) is 11.6 Å². The number of rotatable bonds is 10. The van der Waals surface area contributed by atoms with Gasteiger partial charge < -0.3 is 19.7 Å². The van der Waals surface area contributed by atoms with Crippen LogP contribution in [0.15, 0.2) is 42.9 Å². The molecule has 2 aromatic heterocycles. The van der Waals surface area contributed by atoms with E-state index < -0.39 is 24.0 Å². The Morgan fingerprint density at radius 3 is 2.71 bits per heavy atom. The molecule has 3 heterocycles. The Balaban J connectivity index is 1.37. The van der Waals surface area contributed by atoms with Crippen molar-refractivity contribution in [3.63, 3.8) is 0 Å². The van der Waals surface area contributed by atoms with Crippen LogP contribution >= 0.6 is 0 Å². The van der Waals surface area contributed by atoms with Gasteiger partial charge in [0.05, 0.1) is 31.5 Å². The number of carbonyl (C=O) groups is 1. The second-order valence-corrected chi connectivity index (χ2v) is 9.82. The summed E-state index contributed by atoms with van der Waals surface area (Å²) in [7, 11) is 4.90. The number of nitrogens with one attached hydrogen (secondary N) is 1. The summed E-state index contributed by atoms with van der Waals surface area (Å²) >= 11 is 0. The van der Waals surface area contributed by atoms with E-state index in [0.29, 0.717) is 12.2 Å². The Morgan fingerprint density at radius 2 is 1.98 bits per heavy atom. The lowest BCUT2D eigenvalue weighted by Gasteiger charge is -2.25. The number of hydrogen-bond acceptors (Lipinski definition) is 7. The Hall–Kier alpha value is -4.23. The fourth-order valence-corrected chi connectivity index (χ4v) is 4.90. The lowest BCUT2D eigenvalue weighted by Crippen LogP contribution is -2.26. The highest BCUT2D eigenvalue weighted by Crippen LogP contribution is 2.27. The predicted octanol–water partition coefficient (Wildman–Crippen LogP) is 3.66. The van der Waals surface area contributed by atoms with Crippen LogP contribution in [-0.4, -0.2) is 63.2 Å². The van der Waals surface area contributed by atoms with Crippen molar-refractivity contribution in [1.29, 1.82) is 0 Å². The number of aromatic nitrogens is 5. The SMILES string of the molecule is COCc1nn(Cc2ccc3c(c2)CN(C)CC3)cc1C(=O)NCc1c(-n2cnc(C(F)F)n2)ccc(OC)c1F. The smallest absolute Gasteiger partial charge is 0.299 e. The van der Waals surface area contributed by atoms with Gasteiger partial charge in [0, 0.05) is 38.5 Å². The van der Waals surface area contributed by atoms with Crippen molar-refractivity contribution >= 4 is 5.91 Å². The topological polar surface area (TPSA) is 99.3 Å². The van der Waals surface area contributed by atoms with Gasteiger partial charge in [0.25, 0.3) is 12.3 Å². The third kappa shape index (κ3) is 6.10. The van der Waals surface area contributed by atoms with Gasteiger partial charge in [0.1, 0.15) is 12.0 Å². The van der Waals surface area contributed by atoms with E-state index in [0.717, 1.165) is 36.1 Å². The van der Waals surface area contributed by atoms with E-state index >= 15 is 4.39 Å². The molecule has 0 saturated heterocycles. The van der Waals surface area contributed by atoms with Crippen molar-refractivity contribution in [2.45, 2.75) is 39.1 Å². The Morgan fingerprint density at radius 1 is 1.15 bits per heavy atom. The molecule has 5 rings (SSSR count). The molecule has 0 atom stereocenters. The molecule has 0 unspecified atom stereocenters. The summed E-state index contributed by atoms with van der Waals surface area (Å²) in [6, 6.07) is 9.18. The van der Waals surface area contributed by atoms with Gasteiger partial charge in [-0.15, -0.1) is 5.10 Å². The molecule has 0 aliphatic carbocycles. The van der Waals surface area contributed by atoms with Crippen molar-refractivity contribution in [2.24, 2.45) is 0 Å². The lowest BCUT2D eigenvalue weighted by molar-refractivity contribution is 0.0945. The highest BCUT2D eigenvalue weighted by Gasteiger charge is 2.22. The van der Waals surface area contributed by atoms with E-state index in [1.807, 2.05) is 0 Å². The third-order valence-electron chi connectivity index (χ3n) is 6.96. The van der Waals surface area contributed by atoms with Crippen LogP contribution in [0, 0.1) is 5.82 Å². The standard InChI is InChI=1S/C28H30F3N7O3/c1-36-9-8-18-5-4-17(10-19(18)13-36)12-37-14-21(22(34-37)15-40-2)28(39)32-11-20-23(6-7-24(41-3)25(20)29)38-16-33-27(35-38)26(30)31/h4-7,10,14,16,26H,8-9,11-13,15H2,1-3H3,(H,32,39). The van der Waals surface area contributed by atoms with Crippen LogP contribution in [0.2, 0.25) is 0 Å². The van der Waals surface area contributed by atoms with E-state index in [-0.39, 0.29) is 35.7 Å². The summed E-state index contributed by atoms with van der Waals surface area (Å²) in [5, 5.41) is 11.0. The number of hydrogen-bond donors (Lipinski definition) is 1. The summed E-state index contributed by atoms with van der Waals surface area (Å²) < 4.78 is 54.5. The first-order valence-corrected chi connectivity index (χ1v) is 13.0. The van der Waals surface area contributed by atoms with Gasteiger partial charge in [-0.25, -0.2) is 22.8 Å². The molecule has 0 fully saturated rings. The van der Waals surface area contributed by atoms with Crippen molar-refractivity contribution < 1.29 is 27.4 Å². The molecule has 1 aliphatic rings. The van der Waals surface area contributed by atoms with Crippen LogP contribution in [0.25, 0.3) is 5.69 Å². The Kier molecular flexibility index (Phi) is 8.36. The molecule has 216 valence electrons. The fourth-order valence-electron chi connectivity index (χ4n) is 4.90. The number of alkyl halides is 2. The molecule has 41 heavy (non-hydrogen) atoms. The summed E-state index contributed by atoms with van der Waals surface area (Å²) in [5.74, 6) is -2.03. The maximum atomic E-state index is 15.3. The lowest BCUT2D eigenvalue weighted by atomic mass is 9.98. The second-order valence-electron chi connectivity index (χ2n) is 9.82. The molecule has 0 saturated carbocycles. The molecule has 1 N–H and O–H groups in total. The van der Waals surface area contributed by atoms with Gasteiger partial charge in [-0.3, -0.25) is 9.48 Å². The number of ether oxygens (including phenoxy) is 2. The highest BCUT2D eigenvalue weighted by atomic mass is 19.3. The highest BCUT2D eigenvalue weighted by molar-refractivity contribution is 5.95. The quantitative estimate of drug-likeness (QED) is 0.311. The second kappa shape index (κ2) is 12.1. The molecule has 10 nitrogen and oxygen atoms in total. The molecule has 4 aromatic rings. The van der Waals surface area contributed by atoms with Crippen LogP contribution in [0.5, 0.6) is 5.75 Å². The molecule has 13 heteroatoms. The fraction of sp³-hybridized carbons (Fsp3) is 0.357. The Bertz CT molecular complexity index is 1550. The van der Waals surface area contributed by atoms with Crippen LogP contribution in [-0.2, 0) is 37.4 Å². The molecule has 1 amide bonds. The maximum absolute atomic E-state index is 15.3. The molecule has 0 radical (unpaired) electrons. The van der Waals surface area contributed by atoms with Crippen LogP contribution in [0.4, 0.5) is 13.2 Å². The minimum Gasteiger partial charge on any atom is -0.494 e. The number of carbonyl (C=O) groups excluding carboxylic acids is 1. The van der Waals surface area contributed by atoms with E-state index in [2.05, 4.69) is 50.6 Å². The number of benzene rings is 2. The monoisotopic (exact) mass is 569 g/mol. The third-order valence-corrected chi connectivity index (χ3v) is 6.96. The molecule has 0 bridgehead atoms. The minimum atomic E-state index is -2.89. The summed E-state index contributed by atoms with van der Waals surface area (Å²) in [6.45, 7) is 2.18. The first-order valence-electron chi connectivity index (χ1n) is 13.0. The van der Waals surface area contributed by atoms with Gasteiger partial charge in [-0.2, -0.15) is 5.10 Å². The van der Waals surface area contributed by atoms with Crippen molar-refractivity contribution in [2.75, 3.05) is 27.8 Å². The van der Waals surface area contributed by atoms with E-state index in [9.17, 15) is 13.6 Å². The summed E-state index contributed by atoms with van der Waals surface area (Å²) in [4.78, 5) is 19.2. The maximum Gasteiger partial charge on any atom is 0.299 e. The average Bonchev–Trinajstić information content (AvgIpc) is 3.60. The van der Waals surface area contributed by atoms with E-state index in [1.165, 1.54) is 37.5 Å². The first-order chi connectivity index (χ1) is 19.8. The molecule has 2 aromatic carbocycles. The van der Waals surface area contributed by atoms with Gasteiger partial charge >= 0.3 is 0 Å². The number of likely N-dealkylation sites (N-methyl/N-ethyl adjacent to an activating group) is 1. The molecular weight excluding hydrogens is 539 g/mol. The van der Waals surface area contributed by atoms with E-state index in [4.69, 9.17) is 9.47 Å². The molecular formula is C28H30F3N7O3. The largest absolute Gasteiger partial charge is 0.494 e. The normalized spacial score (nSPS) is 13.4. The predicted molar refractivity (Wildman–Crippen MR) is 143 cm³/mol. The number of amides is 1. The first kappa shape index (κ1) is 28.3. The molecule has 1 aliphatic heterocycles. The van der Waals surface area contributed by atoms with Crippen LogP contribution in [0.3, 0.4) is 0 Å².